The number of aryl methyl sites for hydroxylation is 1. The Morgan fingerprint density at radius 2 is 1.96 bits per heavy atom. The number of thiophene rings is 1. The second-order valence-electron chi connectivity index (χ2n) is 6.86. The number of methoxy groups -OCH3 is 1. The number of hydrogen-bond acceptors (Lipinski definition) is 5. The number of carbonyl (C=O) groups excluding carboxylic acids is 1. The number of phenols is 1. The third kappa shape index (κ3) is 4.74. The highest BCUT2D eigenvalue weighted by Gasteiger charge is 2.19. The third-order valence-corrected chi connectivity index (χ3v) is 5.27. The van der Waals surface area contributed by atoms with Crippen LogP contribution >= 0.6 is 23.6 Å². The number of nitrogens with one attached hydrogen (secondary N) is 2. The molecule has 0 saturated heterocycles. The largest absolute Gasteiger partial charge is 0.506 e. The van der Waals surface area contributed by atoms with Crippen molar-refractivity contribution in [3.8, 4) is 5.75 Å². The normalized spacial score (nSPS) is 11.1. The summed E-state index contributed by atoms with van der Waals surface area (Å²) in [6.07, 6.45) is 0.810. The summed E-state index contributed by atoms with van der Waals surface area (Å²) in [4.78, 5) is 13.0. The van der Waals surface area contributed by atoms with E-state index < -0.39 is 5.97 Å². The molecule has 0 amide bonds. The van der Waals surface area contributed by atoms with Gasteiger partial charge in [0.25, 0.3) is 0 Å². The van der Waals surface area contributed by atoms with Gasteiger partial charge in [0.2, 0.25) is 0 Å². The molecule has 0 bridgehead atoms. The third-order valence-electron chi connectivity index (χ3n) is 3.87. The van der Waals surface area contributed by atoms with Gasteiger partial charge in [0, 0.05) is 4.88 Å². The van der Waals surface area contributed by atoms with Crippen LogP contribution < -0.4 is 10.6 Å². The van der Waals surface area contributed by atoms with E-state index in [9.17, 15) is 9.90 Å². The van der Waals surface area contributed by atoms with E-state index in [1.54, 1.807) is 12.1 Å². The van der Waals surface area contributed by atoms with Crippen molar-refractivity contribution in [2.75, 3.05) is 17.7 Å². The zero-order chi connectivity index (χ0) is 19.5. The molecule has 1 heterocycles. The van der Waals surface area contributed by atoms with Crippen molar-refractivity contribution in [3.05, 3.63) is 40.3 Å². The van der Waals surface area contributed by atoms with Crippen LogP contribution in [0.25, 0.3) is 0 Å². The Balaban J connectivity index is 2.22. The molecule has 0 aliphatic carbocycles. The molecular weight excluding hydrogens is 368 g/mol. The van der Waals surface area contributed by atoms with Crippen molar-refractivity contribution in [3.63, 3.8) is 0 Å². The highest BCUT2D eigenvalue weighted by molar-refractivity contribution is 7.80. The molecule has 2 aromatic rings. The molecule has 1 aromatic heterocycles. The van der Waals surface area contributed by atoms with Gasteiger partial charge >= 0.3 is 5.97 Å². The quantitative estimate of drug-likeness (QED) is 0.390. The first-order chi connectivity index (χ1) is 12.2. The number of anilines is 2. The molecular formula is C19H24N2O3S2. The zero-order valence-electron chi connectivity index (χ0n) is 15.6. The topological polar surface area (TPSA) is 70.6 Å². The van der Waals surface area contributed by atoms with Gasteiger partial charge in [0.05, 0.1) is 18.4 Å². The fraction of sp³-hybridized carbons (Fsp3) is 0.368. The Labute approximate surface area is 163 Å². The van der Waals surface area contributed by atoms with Crippen LogP contribution in [0, 0.1) is 0 Å². The van der Waals surface area contributed by atoms with Gasteiger partial charge < -0.3 is 20.5 Å². The molecule has 2 rings (SSSR count). The van der Waals surface area contributed by atoms with E-state index in [-0.39, 0.29) is 11.2 Å². The lowest BCUT2D eigenvalue weighted by molar-refractivity contribution is 0.0602. The summed E-state index contributed by atoms with van der Waals surface area (Å²) in [7, 11) is 1.35. The van der Waals surface area contributed by atoms with Gasteiger partial charge in [0.1, 0.15) is 10.8 Å². The number of thiocarbonyl (C=S) groups is 1. The second kappa shape index (κ2) is 8.05. The van der Waals surface area contributed by atoms with Crippen molar-refractivity contribution >= 4 is 45.3 Å². The van der Waals surface area contributed by atoms with E-state index >= 15 is 0 Å². The Morgan fingerprint density at radius 3 is 2.54 bits per heavy atom. The summed E-state index contributed by atoms with van der Waals surface area (Å²) in [5.41, 5.74) is 1.98. The lowest BCUT2D eigenvalue weighted by Gasteiger charge is -2.21. The summed E-state index contributed by atoms with van der Waals surface area (Å²) in [5, 5.41) is 17.1. The maximum absolute atomic E-state index is 12.0. The van der Waals surface area contributed by atoms with Crippen LogP contribution in [0.5, 0.6) is 5.75 Å². The van der Waals surface area contributed by atoms with Crippen LogP contribution in [0.4, 0.5) is 10.7 Å². The van der Waals surface area contributed by atoms with E-state index in [1.165, 1.54) is 18.4 Å². The van der Waals surface area contributed by atoms with Gasteiger partial charge in [0.15, 0.2) is 5.11 Å². The smallest absolute Gasteiger partial charge is 0.340 e. The molecule has 0 unspecified atom stereocenters. The van der Waals surface area contributed by atoms with Gasteiger partial charge in [-0.05, 0) is 47.8 Å². The predicted octanol–water partition coefficient (Wildman–Crippen LogP) is 4.91. The summed E-state index contributed by atoms with van der Waals surface area (Å²) < 4.78 is 4.83. The number of phenolic OH excluding ortho intramolecular Hbond substituents is 1. The molecule has 0 radical (unpaired) electrons. The van der Waals surface area contributed by atoms with E-state index in [0.717, 1.165) is 16.9 Å². The lowest BCUT2D eigenvalue weighted by Crippen LogP contribution is -2.20. The minimum Gasteiger partial charge on any atom is -0.506 e. The molecule has 26 heavy (non-hydrogen) atoms. The van der Waals surface area contributed by atoms with Crippen LogP contribution in [-0.4, -0.2) is 23.3 Å². The molecule has 7 heteroatoms. The van der Waals surface area contributed by atoms with Crippen molar-refractivity contribution < 1.29 is 14.6 Å². The number of ether oxygens (including phenoxy) is 1. The number of carbonyl (C=O) groups is 1. The number of aromatic hydroxyl groups is 1. The maximum atomic E-state index is 12.0. The van der Waals surface area contributed by atoms with Crippen LogP contribution in [0.3, 0.4) is 0 Å². The summed E-state index contributed by atoms with van der Waals surface area (Å²) >= 11 is 6.82. The first-order valence-electron chi connectivity index (χ1n) is 8.28. The fourth-order valence-corrected chi connectivity index (χ4v) is 3.60. The second-order valence-corrected chi connectivity index (χ2v) is 8.41. The predicted molar refractivity (Wildman–Crippen MR) is 112 cm³/mol. The Kier molecular flexibility index (Phi) is 6.26. The molecule has 0 saturated carbocycles. The molecule has 0 aliphatic rings. The molecule has 1 aromatic carbocycles. The Hall–Kier alpha value is -2.12. The van der Waals surface area contributed by atoms with Crippen molar-refractivity contribution in [2.45, 2.75) is 39.5 Å². The molecule has 0 fully saturated rings. The van der Waals surface area contributed by atoms with Crippen LogP contribution in [0.2, 0.25) is 0 Å². The number of esters is 1. The SMILES string of the molecule is CCc1cc(C(=O)OC)c(NC(=S)Nc2cc(C(C)(C)C)ccc2O)s1. The van der Waals surface area contributed by atoms with Crippen LogP contribution in [0.15, 0.2) is 24.3 Å². The maximum Gasteiger partial charge on any atom is 0.340 e. The summed E-state index contributed by atoms with van der Waals surface area (Å²) in [6.45, 7) is 8.31. The molecule has 3 N–H and O–H groups in total. The number of hydrogen-bond donors (Lipinski definition) is 3. The van der Waals surface area contributed by atoms with Crippen molar-refractivity contribution in [1.82, 2.24) is 0 Å². The van der Waals surface area contributed by atoms with Gasteiger partial charge in [-0.15, -0.1) is 11.3 Å². The van der Waals surface area contributed by atoms with Crippen LogP contribution in [-0.2, 0) is 16.6 Å². The summed E-state index contributed by atoms with van der Waals surface area (Å²) in [5.74, 6) is -0.306. The van der Waals surface area contributed by atoms with Crippen LogP contribution in [0.1, 0.15) is 48.5 Å². The van der Waals surface area contributed by atoms with E-state index in [4.69, 9.17) is 17.0 Å². The van der Waals surface area contributed by atoms with Gasteiger partial charge in [-0.2, -0.15) is 0 Å². The first kappa shape index (κ1) is 20.2. The minimum atomic E-state index is -0.413. The number of rotatable bonds is 4. The average Bonchev–Trinajstić information content (AvgIpc) is 2.98. The van der Waals surface area contributed by atoms with E-state index in [1.807, 2.05) is 19.1 Å². The van der Waals surface area contributed by atoms with Gasteiger partial charge in [-0.25, -0.2) is 4.79 Å². The summed E-state index contributed by atoms with van der Waals surface area (Å²) in [6, 6.07) is 7.21. The van der Waals surface area contributed by atoms with Gasteiger partial charge in [-0.3, -0.25) is 0 Å². The minimum absolute atomic E-state index is 0.0546. The molecule has 0 aliphatic heterocycles. The number of benzene rings is 1. The lowest BCUT2D eigenvalue weighted by atomic mass is 9.87. The van der Waals surface area contributed by atoms with E-state index in [0.29, 0.717) is 21.4 Å². The first-order valence-corrected chi connectivity index (χ1v) is 9.50. The Morgan fingerprint density at radius 1 is 1.27 bits per heavy atom. The zero-order valence-corrected chi connectivity index (χ0v) is 17.2. The van der Waals surface area contributed by atoms with Crippen molar-refractivity contribution in [2.24, 2.45) is 0 Å². The van der Waals surface area contributed by atoms with Gasteiger partial charge in [-0.1, -0.05) is 33.8 Å². The fourth-order valence-electron chi connectivity index (χ4n) is 2.33. The highest BCUT2D eigenvalue weighted by Crippen LogP contribution is 2.32. The van der Waals surface area contributed by atoms with Crippen molar-refractivity contribution in [1.29, 1.82) is 0 Å². The highest BCUT2D eigenvalue weighted by atomic mass is 32.1. The molecule has 0 spiro atoms. The molecule has 5 nitrogen and oxygen atoms in total. The molecule has 140 valence electrons. The average molecular weight is 393 g/mol. The van der Waals surface area contributed by atoms with E-state index in [2.05, 4.69) is 31.4 Å². The standard InChI is InChI=1S/C19H24N2O3S2/c1-6-12-10-13(17(23)24-5)16(26-12)21-18(25)20-14-9-11(19(2,3)4)7-8-15(14)22/h7-10,22H,6H2,1-5H3,(H2,20,21,25). The monoisotopic (exact) mass is 392 g/mol. The molecule has 0 atom stereocenters. The Bertz CT molecular complexity index is 823.